The van der Waals surface area contributed by atoms with Gasteiger partial charge >= 0.3 is 11.9 Å². The first-order valence-corrected chi connectivity index (χ1v) is 15.6. The molecule has 3 aliphatic rings. The normalized spacial score (nSPS) is 27.2. The molecular weight excluding hydrogens is 692 g/mol. The van der Waals surface area contributed by atoms with Crippen molar-refractivity contribution in [1.82, 2.24) is 0 Å². The number of nitrogens with two attached hydrogens (primary N) is 1. The molecule has 7 atom stereocenters. The van der Waals surface area contributed by atoms with Gasteiger partial charge in [0.15, 0.2) is 17.7 Å². The molecule has 3 aliphatic heterocycles. The Labute approximate surface area is 294 Å². The van der Waals surface area contributed by atoms with Crippen LogP contribution in [0.25, 0.3) is 6.08 Å². The maximum Gasteiger partial charge on any atom is 0.390 e. The highest BCUT2D eigenvalue weighted by atomic mass is 16.7. The first kappa shape index (κ1) is 37.5. The second kappa shape index (κ2) is 15.6. The van der Waals surface area contributed by atoms with Gasteiger partial charge in [-0.1, -0.05) is 11.8 Å². The van der Waals surface area contributed by atoms with E-state index in [4.69, 9.17) is 18.9 Å². The van der Waals surface area contributed by atoms with Crippen molar-refractivity contribution in [3.05, 3.63) is 71.0 Å². The summed E-state index contributed by atoms with van der Waals surface area (Å²) in [4.78, 5) is 47.4. The summed E-state index contributed by atoms with van der Waals surface area (Å²) in [6.07, 6.45) is -2.80. The number of phenols is 1. The van der Waals surface area contributed by atoms with Gasteiger partial charge in [0, 0.05) is 42.7 Å². The molecule has 0 unspecified atom stereocenters. The molecule has 18 nitrogen and oxygen atoms in total. The van der Waals surface area contributed by atoms with Crippen LogP contribution in [-0.2, 0) is 35.1 Å². The van der Waals surface area contributed by atoms with Gasteiger partial charge in [0.05, 0.1) is 13.1 Å². The number of benzene rings is 2. The number of carboxylic acids is 3. The van der Waals surface area contributed by atoms with Gasteiger partial charge in [-0.2, -0.15) is 4.58 Å². The summed E-state index contributed by atoms with van der Waals surface area (Å²) >= 11 is 0. The van der Waals surface area contributed by atoms with E-state index in [1.807, 2.05) is 0 Å². The number of carboxylic acid groups (broad SMARTS) is 3. The number of phenolic OH excluding ortho intramolecular Hbond substituents is 1. The molecule has 18 heteroatoms. The second-order valence-corrected chi connectivity index (χ2v) is 12.0. The van der Waals surface area contributed by atoms with Crippen LogP contribution < -0.4 is 30.1 Å². The van der Waals surface area contributed by atoms with E-state index in [2.05, 4.69) is 0 Å². The number of quaternary nitrogens is 1. The fourth-order valence-corrected chi connectivity index (χ4v) is 5.81. The fraction of sp³-hybridized carbons (Fsp3) is 0.324. The number of allylic oxidation sites excluding steroid dienone is 2. The molecule has 5 rings (SSSR count). The van der Waals surface area contributed by atoms with E-state index in [-0.39, 0.29) is 46.9 Å². The third-order valence-corrected chi connectivity index (χ3v) is 8.54. The van der Waals surface area contributed by atoms with Crippen molar-refractivity contribution in [1.29, 1.82) is 0 Å². The van der Waals surface area contributed by atoms with Gasteiger partial charge in [-0.05, 0) is 35.4 Å². The minimum absolute atomic E-state index is 0.107. The van der Waals surface area contributed by atoms with Gasteiger partial charge in [-0.25, -0.2) is 9.59 Å². The van der Waals surface area contributed by atoms with Crippen LogP contribution in [0.3, 0.4) is 0 Å². The number of aliphatic hydroxyl groups excluding tert-OH is 3. The standard InChI is InChI=1S/C34H34N2O16/c1-49-24-10-15(2-4-22(24)37)3-5-27(39)50-14-26-28(40)29(41)30(42)34(52-26)51-25-12-17-11-21(33(47)48)36(20(17)13-23(25)38)7-6-16-8-18(31(43)44)35-19(9-16)32(45)46/h2-8,10,12-13,19,21,26,28-30,34,40-42H,9,11,14H2,1H3,(H5,37,38,39,43,44,45,46,47,48)/p-1/t19-,21+,26+,28+,29-,30+,34+/m0/s1. The monoisotopic (exact) mass is 725 g/mol. The fourth-order valence-electron chi connectivity index (χ4n) is 5.81. The molecule has 0 bridgehead atoms. The number of carbonyl (C=O) groups is 4. The smallest absolute Gasteiger partial charge is 0.390 e. The third kappa shape index (κ3) is 8.22. The van der Waals surface area contributed by atoms with E-state index in [9.17, 15) is 60.0 Å². The van der Waals surface area contributed by atoms with Gasteiger partial charge in [-0.15, -0.1) is 0 Å². The average Bonchev–Trinajstić information content (AvgIpc) is 3.47. The highest BCUT2D eigenvalue weighted by Gasteiger charge is 2.46. The molecule has 0 amide bonds. The largest absolute Gasteiger partial charge is 0.870 e. The van der Waals surface area contributed by atoms with Gasteiger partial charge in [0.2, 0.25) is 23.7 Å². The summed E-state index contributed by atoms with van der Waals surface area (Å²) in [5, 5.41) is 88.3. The Balaban J connectivity index is 1.31. The Morgan fingerprint density at radius 1 is 1.02 bits per heavy atom. The van der Waals surface area contributed by atoms with E-state index < -0.39 is 84.8 Å². The zero-order chi connectivity index (χ0) is 37.9. The van der Waals surface area contributed by atoms with Crippen LogP contribution in [0.5, 0.6) is 23.0 Å². The van der Waals surface area contributed by atoms with E-state index in [0.29, 0.717) is 5.56 Å². The van der Waals surface area contributed by atoms with Gasteiger partial charge in [-0.3, -0.25) is 0 Å². The van der Waals surface area contributed by atoms with Crippen molar-refractivity contribution in [3.63, 3.8) is 0 Å². The molecule has 2 aromatic carbocycles. The molecule has 0 spiro atoms. The number of aliphatic carboxylic acids is 3. The molecule has 2 aromatic rings. The molecule has 1 fully saturated rings. The predicted octanol–water partition coefficient (Wildman–Crippen LogP) is -4.71. The maximum atomic E-state index is 13.2. The molecule has 3 heterocycles. The molecule has 0 aromatic heterocycles. The number of rotatable bonds is 11. The third-order valence-electron chi connectivity index (χ3n) is 8.54. The summed E-state index contributed by atoms with van der Waals surface area (Å²) in [5.74, 6) is -6.43. The zero-order valence-electron chi connectivity index (χ0n) is 27.2. The lowest BCUT2D eigenvalue weighted by Crippen LogP contribution is -2.93. The lowest BCUT2D eigenvalue weighted by atomic mass is 9.99. The molecule has 7 N–H and O–H groups in total. The lowest BCUT2D eigenvalue weighted by Gasteiger charge is -2.40. The number of carbonyl (C=O) groups excluding carboxylic acids is 3. The zero-order valence-corrected chi connectivity index (χ0v) is 27.2. The predicted molar refractivity (Wildman–Crippen MR) is 165 cm³/mol. The number of hydrogen-bond donors (Lipinski definition) is 6. The molecule has 0 aliphatic carbocycles. The quantitative estimate of drug-likeness (QED) is 0.0720. The van der Waals surface area contributed by atoms with Gasteiger partial charge in [0.25, 0.3) is 0 Å². The Morgan fingerprint density at radius 2 is 1.77 bits per heavy atom. The van der Waals surface area contributed by atoms with E-state index in [1.165, 1.54) is 60.4 Å². The van der Waals surface area contributed by atoms with Gasteiger partial charge < -0.3 is 74.7 Å². The van der Waals surface area contributed by atoms with Crippen molar-refractivity contribution in [2.24, 2.45) is 0 Å². The van der Waals surface area contributed by atoms with E-state index in [1.54, 1.807) is 0 Å². The topological polar surface area (TPSA) is 295 Å². The van der Waals surface area contributed by atoms with Crippen molar-refractivity contribution < 1.29 is 88.9 Å². The number of nitrogens with zero attached hydrogens (tertiary/aromatic N) is 1. The summed E-state index contributed by atoms with van der Waals surface area (Å²) in [7, 11) is 1.35. The van der Waals surface area contributed by atoms with E-state index >= 15 is 0 Å². The molecule has 276 valence electrons. The molecule has 1 saturated heterocycles. The minimum atomic E-state index is -1.88. The highest BCUT2D eigenvalue weighted by Crippen LogP contribution is 2.39. The number of fused-ring (bicyclic) bond motifs is 1. The molecule has 52 heavy (non-hydrogen) atoms. The number of aromatic hydroxyl groups is 1. The van der Waals surface area contributed by atoms with Crippen LogP contribution in [0.2, 0.25) is 0 Å². The van der Waals surface area contributed by atoms with Crippen molar-refractivity contribution in [2.75, 3.05) is 13.7 Å². The van der Waals surface area contributed by atoms with Crippen molar-refractivity contribution in [2.45, 2.75) is 55.6 Å². The summed E-state index contributed by atoms with van der Waals surface area (Å²) in [6.45, 7) is -0.611. The first-order valence-electron chi connectivity index (χ1n) is 15.6. The Kier molecular flexibility index (Phi) is 11.3. The lowest BCUT2D eigenvalue weighted by molar-refractivity contribution is -0.636. The van der Waals surface area contributed by atoms with Crippen LogP contribution in [0.15, 0.2) is 59.8 Å². The Morgan fingerprint density at radius 3 is 2.44 bits per heavy atom. The first-order chi connectivity index (χ1) is 24.7. The molecule has 0 radical (unpaired) electrons. The Hall–Kier alpha value is -5.79. The van der Waals surface area contributed by atoms with E-state index in [0.717, 1.165) is 17.5 Å². The Bertz CT molecular complexity index is 1880. The average molecular weight is 726 g/mol. The summed E-state index contributed by atoms with van der Waals surface area (Å²) < 4.78 is 22.5. The maximum absolute atomic E-state index is 13.2. The van der Waals surface area contributed by atoms with Crippen LogP contribution in [0.4, 0.5) is 5.69 Å². The van der Waals surface area contributed by atoms with Crippen molar-refractivity contribution >= 4 is 41.9 Å². The second-order valence-electron chi connectivity index (χ2n) is 12.0. The number of hydrogen-bond acceptors (Lipinski definition) is 15. The number of methoxy groups -OCH3 is 1. The molecular formula is C34H33N2O16-. The van der Waals surface area contributed by atoms with Gasteiger partial charge in [0.1, 0.15) is 48.8 Å². The van der Waals surface area contributed by atoms with Crippen LogP contribution in [-0.4, -0.2) is 117 Å². The number of aliphatic hydroxyl groups is 3. The highest BCUT2D eigenvalue weighted by molar-refractivity contribution is 5.87. The SMILES string of the molecule is COc1cc(/C=C/C(=O)OC[C@H]2O[C@@H](Oc3cc4c(cc3[O-])[N+](=C/C=C3/C=C(C(=O)O)[NH2+][C@H](C(=O)[O-])C3)[C@@H](C(=O)[O-])C4)[C@H](O)[C@@H](O)[C@@H]2O)ccc1O. The number of esters is 1. The van der Waals surface area contributed by atoms with Crippen LogP contribution >= 0.6 is 0 Å². The van der Waals surface area contributed by atoms with Crippen LogP contribution in [0.1, 0.15) is 17.5 Å². The number of ether oxygens (including phenoxy) is 4. The van der Waals surface area contributed by atoms with Crippen molar-refractivity contribution in [3.8, 4) is 23.0 Å². The summed E-state index contributed by atoms with van der Waals surface area (Å²) in [6, 6.07) is 3.98. The minimum Gasteiger partial charge on any atom is -0.870 e. The van der Waals surface area contributed by atoms with Crippen LogP contribution in [0, 0.1) is 0 Å². The molecule has 0 saturated carbocycles. The summed E-state index contributed by atoms with van der Waals surface area (Å²) in [5.41, 5.74) is 0.824.